The summed E-state index contributed by atoms with van der Waals surface area (Å²) in [5.74, 6) is -1.19. The van der Waals surface area contributed by atoms with Crippen molar-refractivity contribution in [1.82, 2.24) is 0 Å². The minimum Gasteiger partial charge on any atom is -0.478 e. The summed E-state index contributed by atoms with van der Waals surface area (Å²) in [6, 6.07) is 3.12. The van der Waals surface area contributed by atoms with Gasteiger partial charge in [-0.3, -0.25) is 10.1 Å². The smallest absolute Gasteiger partial charge is 0.337 e. The lowest BCUT2D eigenvalue weighted by Gasteiger charge is -2.19. The molecule has 0 aliphatic carbocycles. The normalized spacial score (nSPS) is 11.9. The zero-order chi connectivity index (χ0) is 15.1. The first-order chi connectivity index (χ1) is 9.49. The number of methoxy groups -OCH3 is 1. The number of nitro groups is 1. The Labute approximate surface area is 115 Å². The fraction of sp³-hybridized carbons (Fsp3) is 0.417. The molecule has 0 aliphatic rings. The van der Waals surface area contributed by atoms with Crippen molar-refractivity contribution in [2.45, 2.75) is 12.5 Å². The molecule has 8 heteroatoms. The first kappa shape index (κ1) is 15.9. The minimum atomic E-state index is -1.19. The number of non-ortho nitro benzene ring substituents is 1. The van der Waals surface area contributed by atoms with Gasteiger partial charge in [0.15, 0.2) is 0 Å². The minimum absolute atomic E-state index is 0.0744. The van der Waals surface area contributed by atoms with E-state index in [1.807, 2.05) is 0 Å². The highest BCUT2D eigenvalue weighted by molar-refractivity contribution is 5.94. The van der Waals surface area contributed by atoms with E-state index < -0.39 is 10.9 Å². The van der Waals surface area contributed by atoms with Crippen molar-refractivity contribution < 1.29 is 24.7 Å². The van der Waals surface area contributed by atoms with Crippen molar-refractivity contribution in [2.24, 2.45) is 0 Å². The number of carboxylic acid groups (broad SMARTS) is 1. The Bertz CT molecular complexity index is 485. The van der Waals surface area contributed by atoms with Gasteiger partial charge in [0.2, 0.25) is 0 Å². The van der Waals surface area contributed by atoms with Gasteiger partial charge in [0.1, 0.15) is 0 Å². The zero-order valence-electron chi connectivity index (χ0n) is 10.9. The Morgan fingerprint density at radius 2 is 2.25 bits per heavy atom. The molecule has 0 aromatic heterocycles. The largest absolute Gasteiger partial charge is 0.478 e. The Hall–Kier alpha value is -2.19. The topological polar surface area (TPSA) is 122 Å². The summed E-state index contributed by atoms with van der Waals surface area (Å²) in [7, 11) is 1.47. The first-order valence-electron chi connectivity index (χ1n) is 5.87. The predicted molar refractivity (Wildman–Crippen MR) is 71.0 cm³/mol. The molecular formula is C12H16N2O6. The van der Waals surface area contributed by atoms with E-state index in [2.05, 4.69) is 5.32 Å². The molecule has 3 N–H and O–H groups in total. The fourth-order valence-electron chi connectivity index (χ4n) is 1.73. The lowest BCUT2D eigenvalue weighted by molar-refractivity contribution is -0.384. The molecule has 8 nitrogen and oxygen atoms in total. The van der Waals surface area contributed by atoms with Crippen LogP contribution in [0, 0.1) is 10.1 Å². The number of rotatable bonds is 8. The van der Waals surface area contributed by atoms with Crippen LogP contribution in [0.15, 0.2) is 18.2 Å². The molecule has 0 spiro atoms. The van der Waals surface area contributed by atoms with Gasteiger partial charge in [0.05, 0.1) is 28.8 Å². The molecule has 1 aromatic rings. The maximum Gasteiger partial charge on any atom is 0.337 e. The number of benzene rings is 1. The lowest BCUT2D eigenvalue weighted by atomic mass is 10.1. The van der Waals surface area contributed by atoms with Gasteiger partial charge in [0.25, 0.3) is 5.69 Å². The van der Waals surface area contributed by atoms with Crippen LogP contribution in [0.3, 0.4) is 0 Å². The Morgan fingerprint density at radius 3 is 2.75 bits per heavy atom. The zero-order valence-corrected chi connectivity index (χ0v) is 10.9. The second-order valence-electron chi connectivity index (χ2n) is 4.10. The molecule has 1 rings (SSSR count). The molecule has 0 saturated heterocycles. The Balaban J connectivity index is 3.07. The number of hydrogen-bond acceptors (Lipinski definition) is 6. The second-order valence-corrected chi connectivity index (χ2v) is 4.10. The summed E-state index contributed by atoms with van der Waals surface area (Å²) in [6.07, 6.45) is 0.329. The van der Waals surface area contributed by atoms with Crippen molar-refractivity contribution in [3.63, 3.8) is 0 Å². The molecule has 1 unspecified atom stereocenters. The van der Waals surface area contributed by atoms with Crippen molar-refractivity contribution in [3.05, 3.63) is 33.9 Å². The predicted octanol–water partition coefficient (Wildman–Crippen LogP) is 1.10. The van der Waals surface area contributed by atoms with E-state index in [9.17, 15) is 14.9 Å². The number of carbonyl (C=O) groups is 1. The van der Waals surface area contributed by atoms with Gasteiger partial charge < -0.3 is 20.3 Å². The lowest BCUT2D eigenvalue weighted by Crippen LogP contribution is -2.27. The quantitative estimate of drug-likeness (QED) is 0.482. The number of nitrogens with zero attached hydrogens (tertiary/aromatic N) is 1. The van der Waals surface area contributed by atoms with E-state index >= 15 is 0 Å². The molecule has 110 valence electrons. The number of nitro benzene ring substituents is 1. The molecular weight excluding hydrogens is 268 g/mol. The molecule has 1 aromatic carbocycles. The highest BCUT2D eigenvalue weighted by Gasteiger charge is 2.18. The molecule has 1 atom stereocenters. The third-order valence-corrected chi connectivity index (χ3v) is 2.65. The third-order valence-electron chi connectivity index (χ3n) is 2.65. The molecule has 0 amide bonds. The average Bonchev–Trinajstić information content (AvgIpc) is 2.38. The van der Waals surface area contributed by atoms with Gasteiger partial charge in [0, 0.05) is 25.8 Å². The van der Waals surface area contributed by atoms with E-state index in [0.29, 0.717) is 6.42 Å². The van der Waals surface area contributed by atoms with E-state index in [4.69, 9.17) is 14.9 Å². The number of aliphatic hydroxyl groups excluding tert-OH is 1. The van der Waals surface area contributed by atoms with Crippen LogP contribution in [0.25, 0.3) is 0 Å². The third kappa shape index (κ3) is 4.18. The number of ether oxygens (including phenoxy) is 1. The van der Waals surface area contributed by atoms with Crippen LogP contribution in [0.2, 0.25) is 0 Å². The summed E-state index contributed by atoms with van der Waals surface area (Å²) in [6.45, 7) is 0.126. The highest BCUT2D eigenvalue weighted by Crippen LogP contribution is 2.23. The number of carboxylic acids is 1. The number of aromatic carboxylic acids is 1. The van der Waals surface area contributed by atoms with Crippen LogP contribution >= 0.6 is 0 Å². The molecule has 0 radical (unpaired) electrons. The van der Waals surface area contributed by atoms with Gasteiger partial charge in [-0.25, -0.2) is 4.79 Å². The maximum absolute atomic E-state index is 11.1. The molecule has 0 bridgehead atoms. The van der Waals surface area contributed by atoms with Crippen LogP contribution in [0.4, 0.5) is 11.4 Å². The van der Waals surface area contributed by atoms with Crippen molar-refractivity contribution >= 4 is 17.3 Å². The first-order valence-corrected chi connectivity index (χ1v) is 5.87. The summed E-state index contributed by atoms with van der Waals surface area (Å²) < 4.78 is 4.95. The molecule has 0 aliphatic heterocycles. The highest BCUT2D eigenvalue weighted by atomic mass is 16.6. The van der Waals surface area contributed by atoms with E-state index in [1.165, 1.54) is 13.2 Å². The van der Waals surface area contributed by atoms with Gasteiger partial charge in [-0.05, 0) is 12.5 Å². The van der Waals surface area contributed by atoms with Crippen LogP contribution in [-0.4, -0.2) is 47.5 Å². The van der Waals surface area contributed by atoms with E-state index in [1.54, 1.807) is 0 Å². The van der Waals surface area contributed by atoms with Gasteiger partial charge in [-0.15, -0.1) is 0 Å². The number of anilines is 1. The van der Waals surface area contributed by atoms with Gasteiger partial charge in [-0.2, -0.15) is 0 Å². The number of nitrogens with one attached hydrogen (secondary N) is 1. The Morgan fingerprint density at radius 1 is 1.55 bits per heavy atom. The van der Waals surface area contributed by atoms with Crippen LogP contribution in [0.1, 0.15) is 16.8 Å². The number of hydrogen-bond donors (Lipinski definition) is 3. The average molecular weight is 284 g/mol. The van der Waals surface area contributed by atoms with E-state index in [-0.39, 0.29) is 36.2 Å². The van der Waals surface area contributed by atoms with Crippen LogP contribution < -0.4 is 5.32 Å². The second kappa shape index (κ2) is 7.41. The van der Waals surface area contributed by atoms with Crippen molar-refractivity contribution in [1.29, 1.82) is 0 Å². The monoisotopic (exact) mass is 284 g/mol. The maximum atomic E-state index is 11.1. The molecule has 0 saturated carbocycles. The number of aliphatic hydroxyl groups is 1. The standard InChI is InChI=1S/C12H16N2O6/c1-20-7-8(4-5-15)13-11-6-9(14(18)19)2-3-10(11)12(16)17/h2-3,6,8,13,15H,4-5,7H2,1H3,(H,16,17). The molecule has 0 fully saturated rings. The molecule has 0 heterocycles. The van der Waals surface area contributed by atoms with Crippen molar-refractivity contribution in [2.75, 3.05) is 25.6 Å². The van der Waals surface area contributed by atoms with Gasteiger partial charge >= 0.3 is 5.97 Å². The van der Waals surface area contributed by atoms with Crippen LogP contribution in [0.5, 0.6) is 0 Å². The Kier molecular flexibility index (Phi) is 5.88. The summed E-state index contributed by atoms with van der Waals surface area (Å²) in [4.78, 5) is 21.2. The van der Waals surface area contributed by atoms with E-state index in [0.717, 1.165) is 12.1 Å². The SMILES string of the molecule is COCC(CCO)Nc1cc([N+](=O)[O-])ccc1C(=O)O. The van der Waals surface area contributed by atoms with Crippen LogP contribution in [-0.2, 0) is 4.74 Å². The molecule has 20 heavy (non-hydrogen) atoms. The summed E-state index contributed by atoms with van der Waals surface area (Å²) >= 11 is 0. The summed E-state index contributed by atoms with van der Waals surface area (Å²) in [5, 5.41) is 31.6. The summed E-state index contributed by atoms with van der Waals surface area (Å²) in [5.41, 5.74) is -0.158. The van der Waals surface area contributed by atoms with Crippen molar-refractivity contribution in [3.8, 4) is 0 Å². The van der Waals surface area contributed by atoms with Gasteiger partial charge in [-0.1, -0.05) is 0 Å². The fourth-order valence-corrected chi connectivity index (χ4v) is 1.73.